The number of benzene rings is 2. The zero-order chi connectivity index (χ0) is 27.1. The number of aromatic nitrogens is 1. The molecule has 4 aromatic rings. The van der Waals surface area contributed by atoms with E-state index in [9.17, 15) is 4.79 Å². The molecule has 0 atom stereocenters. The van der Waals surface area contributed by atoms with Gasteiger partial charge in [-0.15, -0.1) is 0 Å². The van der Waals surface area contributed by atoms with Gasteiger partial charge < -0.3 is 27.9 Å². The molecule has 0 aliphatic rings. The number of hydrogen-bond donors (Lipinski definition) is 1. The molecule has 0 bridgehead atoms. The van der Waals surface area contributed by atoms with Crippen LogP contribution in [0.25, 0.3) is 5.69 Å². The minimum absolute atomic E-state index is 0.122. The molecule has 4 rings (SSSR count). The van der Waals surface area contributed by atoms with Crippen LogP contribution in [0, 0.1) is 13.8 Å². The zero-order valence-electron chi connectivity index (χ0n) is 22.1. The summed E-state index contributed by atoms with van der Waals surface area (Å²) < 4.78 is 30.0. The second kappa shape index (κ2) is 12.1. The Bertz CT molecular complexity index is 1370. The van der Waals surface area contributed by atoms with Crippen LogP contribution in [0.2, 0.25) is 0 Å². The van der Waals surface area contributed by atoms with Crippen molar-refractivity contribution in [1.29, 1.82) is 0 Å². The summed E-state index contributed by atoms with van der Waals surface area (Å²) >= 11 is 0. The third-order valence-electron chi connectivity index (χ3n) is 5.78. The Labute approximate surface area is 221 Å². The predicted molar refractivity (Wildman–Crippen MR) is 144 cm³/mol. The van der Waals surface area contributed by atoms with Crippen LogP contribution in [0.1, 0.15) is 40.2 Å². The Morgan fingerprint density at radius 1 is 0.947 bits per heavy atom. The molecule has 38 heavy (non-hydrogen) atoms. The first kappa shape index (κ1) is 26.4. The molecule has 0 saturated heterocycles. The van der Waals surface area contributed by atoms with Crippen LogP contribution in [0.5, 0.6) is 23.0 Å². The number of hydrogen-bond acceptors (Lipinski definition) is 7. The van der Waals surface area contributed by atoms with Crippen LogP contribution in [-0.2, 0) is 6.61 Å². The number of nitrogens with zero attached hydrogens (tertiary/aromatic N) is 2. The number of methoxy groups -OCH3 is 2. The average molecular weight is 518 g/mol. The SMILES string of the molecule is CCOc1c(OC)cc(/C=N/NC(=O)c2ccc(COc3ccc(-n4c(C)ccc4C)cc3)o2)cc1OC. The van der Waals surface area contributed by atoms with Gasteiger partial charge in [-0.25, -0.2) is 5.43 Å². The summed E-state index contributed by atoms with van der Waals surface area (Å²) in [4.78, 5) is 12.5. The maximum atomic E-state index is 12.5. The molecule has 2 aromatic heterocycles. The Hall–Kier alpha value is -4.66. The highest BCUT2D eigenvalue weighted by Gasteiger charge is 2.14. The van der Waals surface area contributed by atoms with Gasteiger partial charge in [-0.2, -0.15) is 5.10 Å². The third kappa shape index (κ3) is 6.00. The number of ether oxygens (including phenoxy) is 4. The second-order valence-electron chi connectivity index (χ2n) is 8.39. The number of carbonyl (C=O) groups is 1. The van der Waals surface area contributed by atoms with Crippen molar-refractivity contribution in [2.75, 3.05) is 20.8 Å². The number of hydrazone groups is 1. The smallest absolute Gasteiger partial charge is 0.307 e. The summed E-state index contributed by atoms with van der Waals surface area (Å²) in [7, 11) is 3.08. The van der Waals surface area contributed by atoms with Crippen molar-refractivity contribution in [2.45, 2.75) is 27.4 Å². The molecule has 198 valence electrons. The molecular formula is C29H31N3O6. The largest absolute Gasteiger partial charge is 0.493 e. The topological polar surface area (TPSA) is 96.5 Å². The van der Waals surface area contributed by atoms with Gasteiger partial charge >= 0.3 is 5.91 Å². The summed E-state index contributed by atoms with van der Waals surface area (Å²) in [6.07, 6.45) is 1.48. The van der Waals surface area contributed by atoms with E-state index in [0.29, 0.717) is 40.9 Å². The fraction of sp³-hybridized carbons (Fsp3) is 0.241. The van der Waals surface area contributed by atoms with Crippen LogP contribution in [0.4, 0.5) is 0 Å². The molecule has 0 aliphatic heterocycles. The molecule has 0 aliphatic carbocycles. The molecule has 0 unspecified atom stereocenters. The van der Waals surface area contributed by atoms with E-state index >= 15 is 0 Å². The lowest BCUT2D eigenvalue weighted by Gasteiger charge is -2.14. The van der Waals surface area contributed by atoms with Gasteiger partial charge in [0.1, 0.15) is 18.1 Å². The summed E-state index contributed by atoms with van der Waals surface area (Å²) in [5.41, 5.74) is 6.52. The molecule has 0 fully saturated rings. The minimum Gasteiger partial charge on any atom is -0.493 e. The Kier molecular flexibility index (Phi) is 8.37. The molecule has 0 radical (unpaired) electrons. The van der Waals surface area contributed by atoms with Crippen LogP contribution < -0.4 is 24.4 Å². The summed E-state index contributed by atoms with van der Waals surface area (Å²) in [6, 6.07) is 18.7. The molecule has 0 spiro atoms. The number of carbonyl (C=O) groups excluding carboxylic acids is 1. The van der Waals surface area contributed by atoms with Gasteiger partial charge in [0.25, 0.3) is 0 Å². The molecule has 2 heterocycles. The van der Waals surface area contributed by atoms with Crippen molar-refractivity contribution in [2.24, 2.45) is 5.10 Å². The van der Waals surface area contributed by atoms with E-state index in [1.807, 2.05) is 31.2 Å². The maximum Gasteiger partial charge on any atom is 0.307 e. The molecule has 2 aromatic carbocycles. The Morgan fingerprint density at radius 3 is 2.21 bits per heavy atom. The first-order valence-corrected chi connectivity index (χ1v) is 12.1. The van der Waals surface area contributed by atoms with E-state index in [0.717, 1.165) is 5.69 Å². The van der Waals surface area contributed by atoms with Crippen molar-refractivity contribution < 1.29 is 28.2 Å². The van der Waals surface area contributed by atoms with Gasteiger partial charge in [-0.05, 0) is 81.4 Å². The third-order valence-corrected chi connectivity index (χ3v) is 5.78. The van der Waals surface area contributed by atoms with Gasteiger partial charge in [0, 0.05) is 22.6 Å². The lowest BCUT2D eigenvalue weighted by Crippen LogP contribution is -2.16. The standard InChI is InChI=1S/C29H31N3O6/c1-6-36-28-26(34-4)15-21(16-27(28)35-5)17-30-31-29(33)25-14-13-24(38-25)18-37-23-11-9-22(10-12-23)32-19(2)7-8-20(32)3/h7-17H,6,18H2,1-5H3,(H,31,33)/b30-17+. The molecule has 0 saturated carbocycles. The first-order valence-electron chi connectivity index (χ1n) is 12.1. The molecule has 1 amide bonds. The number of aryl methyl sites for hydroxylation is 2. The first-order chi connectivity index (χ1) is 18.4. The van der Waals surface area contributed by atoms with Crippen LogP contribution in [0.3, 0.4) is 0 Å². The van der Waals surface area contributed by atoms with E-state index in [-0.39, 0.29) is 12.4 Å². The summed E-state index contributed by atoms with van der Waals surface area (Å²) in [5.74, 6) is 2.35. The lowest BCUT2D eigenvalue weighted by molar-refractivity contribution is 0.0923. The number of amides is 1. The van der Waals surface area contributed by atoms with Crippen LogP contribution in [0.15, 0.2) is 70.2 Å². The maximum absolute atomic E-state index is 12.5. The highest BCUT2D eigenvalue weighted by Crippen LogP contribution is 2.38. The lowest BCUT2D eigenvalue weighted by atomic mass is 10.2. The minimum atomic E-state index is -0.487. The van der Waals surface area contributed by atoms with E-state index < -0.39 is 5.91 Å². The van der Waals surface area contributed by atoms with E-state index in [1.165, 1.54) is 17.6 Å². The van der Waals surface area contributed by atoms with Gasteiger partial charge in [0.05, 0.1) is 27.0 Å². The molecular weight excluding hydrogens is 486 g/mol. The van der Waals surface area contributed by atoms with Gasteiger partial charge in [0.15, 0.2) is 17.3 Å². The fourth-order valence-electron chi connectivity index (χ4n) is 3.98. The average Bonchev–Trinajstić information content (AvgIpc) is 3.54. The van der Waals surface area contributed by atoms with Gasteiger partial charge in [-0.3, -0.25) is 4.79 Å². The van der Waals surface area contributed by atoms with Crippen molar-refractivity contribution in [3.05, 3.63) is 89.1 Å². The summed E-state index contributed by atoms with van der Waals surface area (Å²) in [5, 5.41) is 4.02. The Morgan fingerprint density at radius 2 is 1.61 bits per heavy atom. The van der Waals surface area contributed by atoms with E-state index in [4.69, 9.17) is 23.4 Å². The molecule has 9 heteroatoms. The Balaban J connectivity index is 1.33. The van der Waals surface area contributed by atoms with Gasteiger partial charge in [0.2, 0.25) is 5.75 Å². The fourth-order valence-corrected chi connectivity index (χ4v) is 3.98. The van der Waals surface area contributed by atoms with Crippen molar-refractivity contribution >= 4 is 12.1 Å². The predicted octanol–water partition coefficient (Wildman–Crippen LogP) is 5.45. The number of nitrogens with one attached hydrogen (secondary N) is 1. The van der Waals surface area contributed by atoms with Crippen LogP contribution >= 0.6 is 0 Å². The van der Waals surface area contributed by atoms with Crippen LogP contribution in [-0.4, -0.2) is 37.5 Å². The monoisotopic (exact) mass is 517 g/mol. The summed E-state index contributed by atoms with van der Waals surface area (Å²) in [6.45, 7) is 6.67. The molecule has 1 N–H and O–H groups in total. The zero-order valence-corrected chi connectivity index (χ0v) is 22.1. The van der Waals surface area contributed by atoms with Crippen molar-refractivity contribution in [1.82, 2.24) is 9.99 Å². The quantitative estimate of drug-likeness (QED) is 0.210. The highest BCUT2D eigenvalue weighted by molar-refractivity contribution is 5.92. The normalized spacial score (nSPS) is 11.0. The van der Waals surface area contributed by atoms with E-state index in [2.05, 4.69) is 41.1 Å². The van der Waals surface area contributed by atoms with Gasteiger partial charge in [-0.1, -0.05) is 0 Å². The van der Waals surface area contributed by atoms with E-state index in [1.54, 1.807) is 38.5 Å². The highest BCUT2D eigenvalue weighted by atomic mass is 16.5. The van der Waals surface area contributed by atoms with Crippen molar-refractivity contribution in [3.8, 4) is 28.7 Å². The second-order valence-corrected chi connectivity index (χ2v) is 8.39. The molecule has 9 nitrogen and oxygen atoms in total. The number of furan rings is 1. The number of rotatable bonds is 11. The van der Waals surface area contributed by atoms with Crippen molar-refractivity contribution in [3.63, 3.8) is 0 Å².